The van der Waals surface area contributed by atoms with Crippen LogP contribution in [0.3, 0.4) is 0 Å². The van der Waals surface area contributed by atoms with Gasteiger partial charge in [-0.05, 0) is 75.0 Å². The maximum absolute atomic E-state index is 6.77. The van der Waals surface area contributed by atoms with E-state index in [2.05, 4.69) is 146 Å². The first kappa shape index (κ1) is 33.9. The van der Waals surface area contributed by atoms with Crippen molar-refractivity contribution in [2.24, 2.45) is 0 Å². The van der Waals surface area contributed by atoms with Crippen LogP contribution in [0.2, 0.25) is 0 Å². The molecular weight excluding hydrogens is 735 g/mol. The van der Waals surface area contributed by atoms with E-state index in [1.54, 1.807) is 0 Å². The van der Waals surface area contributed by atoms with Gasteiger partial charge in [-0.1, -0.05) is 164 Å². The highest BCUT2D eigenvalue weighted by Gasteiger charge is 2.20. The maximum Gasteiger partial charge on any atom is 0.164 e. The predicted molar refractivity (Wildman–Crippen MR) is 245 cm³/mol. The molecule has 0 radical (unpaired) electrons. The first-order valence-corrected chi connectivity index (χ1v) is 20.1. The van der Waals surface area contributed by atoms with Crippen molar-refractivity contribution in [1.82, 2.24) is 15.0 Å². The average molecular weight is 768 g/mol. The molecule has 60 heavy (non-hydrogen) atoms. The summed E-state index contributed by atoms with van der Waals surface area (Å²) in [7, 11) is 0. The SMILES string of the molecule is c1ccc(-c2ccc(-c3cc(-c4nc(-c5ccccc5)nc(-c5ccc(-c6ccc7c(c6)oc6ccccc67)cc5)n4)cc4c3oc3ccc5ccccc5c34)cc2)cc1. The Morgan fingerprint density at radius 3 is 1.57 bits per heavy atom. The summed E-state index contributed by atoms with van der Waals surface area (Å²) in [5.41, 5.74) is 12.6. The molecule has 0 aliphatic rings. The first-order valence-electron chi connectivity index (χ1n) is 20.1. The number of furan rings is 2. The molecule has 0 aliphatic carbocycles. The molecule has 0 amide bonds. The van der Waals surface area contributed by atoms with Crippen LogP contribution in [-0.4, -0.2) is 15.0 Å². The summed E-state index contributed by atoms with van der Waals surface area (Å²) in [5.74, 6) is 1.78. The van der Waals surface area contributed by atoms with Crippen LogP contribution in [-0.2, 0) is 0 Å². The Hall–Kier alpha value is -8.15. The fraction of sp³-hybridized carbons (Fsp3) is 0. The molecule has 0 fully saturated rings. The van der Waals surface area contributed by atoms with Crippen LogP contribution >= 0.6 is 0 Å². The molecule has 0 bridgehead atoms. The normalized spacial score (nSPS) is 11.7. The molecule has 5 heteroatoms. The Bertz CT molecular complexity index is 3570. The van der Waals surface area contributed by atoms with Gasteiger partial charge in [-0.2, -0.15) is 0 Å². The van der Waals surface area contributed by atoms with E-state index in [9.17, 15) is 0 Å². The molecule has 9 aromatic carbocycles. The summed E-state index contributed by atoms with van der Waals surface area (Å²) in [4.78, 5) is 15.5. The molecular formula is C55H33N3O2. The van der Waals surface area contributed by atoms with Gasteiger partial charge in [0.15, 0.2) is 17.5 Å². The summed E-state index contributed by atoms with van der Waals surface area (Å²) >= 11 is 0. The van der Waals surface area contributed by atoms with Crippen molar-refractivity contribution in [3.8, 4) is 67.5 Å². The van der Waals surface area contributed by atoms with Crippen LogP contribution in [0.4, 0.5) is 0 Å². The second kappa shape index (κ2) is 13.8. The molecule has 12 rings (SSSR count). The van der Waals surface area contributed by atoms with E-state index in [1.165, 1.54) is 5.56 Å². The number of hydrogen-bond acceptors (Lipinski definition) is 5. The third kappa shape index (κ3) is 5.75. The van der Waals surface area contributed by atoms with Crippen molar-refractivity contribution in [3.05, 3.63) is 200 Å². The number of fused-ring (bicyclic) bond motifs is 8. The van der Waals surface area contributed by atoms with Crippen molar-refractivity contribution < 1.29 is 8.83 Å². The van der Waals surface area contributed by atoms with Crippen LogP contribution in [0.5, 0.6) is 0 Å². The second-order valence-electron chi connectivity index (χ2n) is 15.2. The monoisotopic (exact) mass is 767 g/mol. The number of para-hydroxylation sites is 1. The summed E-state index contributed by atoms with van der Waals surface area (Å²) in [6, 6.07) is 69.3. The van der Waals surface area contributed by atoms with Crippen molar-refractivity contribution >= 4 is 54.6 Å². The lowest BCUT2D eigenvalue weighted by molar-refractivity contribution is 0.669. The molecule has 0 spiro atoms. The highest BCUT2D eigenvalue weighted by atomic mass is 16.3. The van der Waals surface area contributed by atoms with Crippen LogP contribution < -0.4 is 0 Å². The highest BCUT2D eigenvalue weighted by molar-refractivity contribution is 6.21. The van der Waals surface area contributed by atoms with Gasteiger partial charge in [0.05, 0.1) is 0 Å². The molecule has 3 aromatic heterocycles. The lowest BCUT2D eigenvalue weighted by Crippen LogP contribution is -2.00. The van der Waals surface area contributed by atoms with Gasteiger partial charge in [0.1, 0.15) is 22.3 Å². The molecule has 280 valence electrons. The van der Waals surface area contributed by atoms with E-state index in [-0.39, 0.29) is 0 Å². The molecule has 5 nitrogen and oxygen atoms in total. The van der Waals surface area contributed by atoms with Gasteiger partial charge < -0.3 is 8.83 Å². The van der Waals surface area contributed by atoms with Crippen LogP contribution in [0, 0.1) is 0 Å². The highest BCUT2D eigenvalue weighted by Crippen LogP contribution is 2.42. The molecule has 0 aliphatic heterocycles. The predicted octanol–water partition coefficient (Wildman–Crippen LogP) is 14.8. The molecule has 12 aromatic rings. The van der Waals surface area contributed by atoms with E-state index in [0.29, 0.717) is 17.5 Å². The number of nitrogens with zero attached hydrogens (tertiary/aromatic N) is 3. The lowest BCUT2D eigenvalue weighted by Gasteiger charge is -2.11. The molecule has 0 saturated heterocycles. The minimum Gasteiger partial charge on any atom is -0.456 e. The van der Waals surface area contributed by atoms with Gasteiger partial charge in [-0.25, -0.2) is 15.0 Å². The third-order valence-corrected chi connectivity index (χ3v) is 11.5. The van der Waals surface area contributed by atoms with E-state index in [4.69, 9.17) is 23.8 Å². The quantitative estimate of drug-likeness (QED) is 0.169. The number of benzene rings is 9. The lowest BCUT2D eigenvalue weighted by atomic mass is 9.95. The molecule has 0 unspecified atom stereocenters. The van der Waals surface area contributed by atoms with E-state index >= 15 is 0 Å². The Labute approximate surface area is 344 Å². The van der Waals surface area contributed by atoms with Gasteiger partial charge in [-0.15, -0.1) is 0 Å². The minimum atomic E-state index is 0.580. The topological polar surface area (TPSA) is 65.0 Å². The van der Waals surface area contributed by atoms with E-state index in [1.807, 2.05) is 54.6 Å². The number of aromatic nitrogens is 3. The Balaban J connectivity index is 1.02. The van der Waals surface area contributed by atoms with Crippen molar-refractivity contribution in [1.29, 1.82) is 0 Å². The smallest absolute Gasteiger partial charge is 0.164 e. The maximum atomic E-state index is 6.77. The third-order valence-electron chi connectivity index (χ3n) is 11.5. The standard InChI is InChI=1S/C55H33N3O2/c1-3-11-34(12-4-1)35-19-23-38(24-20-35)46-31-42(32-47-51-43-16-8-7-13-37(43)28-30-49(51)60-52(46)47)55-57-53(39-14-5-2-6-15-39)56-54(58-55)40-25-21-36(22-26-40)41-27-29-45-44-17-9-10-18-48(44)59-50(45)33-41/h1-33H. The van der Waals surface area contributed by atoms with Gasteiger partial charge in [0.25, 0.3) is 0 Å². The van der Waals surface area contributed by atoms with Gasteiger partial charge in [0, 0.05) is 43.8 Å². The Morgan fingerprint density at radius 2 is 0.817 bits per heavy atom. The van der Waals surface area contributed by atoms with Crippen molar-refractivity contribution in [2.45, 2.75) is 0 Å². The summed E-state index contributed by atoms with van der Waals surface area (Å²) < 4.78 is 13.0. The zero-order chi connectivity index (χ0) is 39.6. The molecule has 0 atom stereocenters. The van der Waals surface area contributed by atoms with Crippen LogP contribution in [0.1, 0.15) is 0 Å². The Morgan fingerprint density at radius 1 is 0.283 bits per heavy atom. The summed E-state index contributed by atoms with van der Waals surface area (Å²) in [6.07, 6.45) is 0. The summed E-state index contributed by atoms with van der Waals surface area (Å²) in [6.45, 7) is 0. The summed E-state index contributed by atoms with van der Waals surface area (Å²) in [5, 5.41) is 6.60. The number of hydrogen-bond donors (Lipinski definition) is 0. The van der Waals surface area contributed by atoms with E-state index in [0.717, 1.165) is 99.2 Å². The van der Waals surface area contributed by atoms with Gasteiger partial charge >= 0.3 is 0 Å². The van der Waals surface area contributed by atoms with Crippen molar-refractivity contribution in [2.75, 3.05) is 0 Å². The average Bonchev–Trinajstić information content (AvgIpc) is 3.90. The molecule has 0 N–H and O–H groups in total. The van der Waals surface area contributed by atoms with Crippen LogP contribution in [0.25, 0.3) is 122 Å². The molecule has 3 heterocycles. The van der Waals surface area contributed by atoms with Gasteiger partial charge in [-0.3, -0.25) is 0 Å². The zero-order valence-electron chi connectivity index (χ0n) is 32.2. The zero-order valence-corrected chi connectivity index (χ0v) is 32.2. The number of rotatable bonds is 6. The van der Waals surface area contributed by atoms with Gasteiger partial charge in [0.2, 0.25) is 0 Å². The minimum absolute atomic E-state index is 0.580. The van der Waals surface area contributed by atoms with E-state index < -0.39 is 0 Å². The van der Waals surface area contributed by atoms with Crippen LogP contribution in [0.15, 0.2) is 209 Å². The Kier molecular flexibility index (Phi) is 7.78. The van der Waals surface area contributed by atoms with Crippen molar-refractivity contribution in [3.63, 3.8) is 0 Å². The first-order chi connectivity index (χ1) is 29.7. The largest absolute Gasteiger partial charge is 0.456 e. The fourth-order valence-electron chi connectivity index (χ4n) is 8.53. The fourth-order valence-corrected chi connectivity index (χ4v) is 8.53. The second-order valence-corrected chi connectivity index (χ2v) is 15.2. The molecule has 0 saturated carbocycles.